The molecule has 2 aromatic rings. The van der Waals surface area contributed by atoms with Crippen molar-refractivity contribution in [1.29, 1.82) is 0 Å². The molecule has 1 aliphatic rings. The fourth-order valence-electron chi connectivity index (χ4n) is 2.82. The first kappa shape index (κ1) is 17.8. The van der Waals surface area contributed by atoms with Gasteiger partial charge in [-0.15, -0.1) is 0 Å². The molecule has 3 rings (SSSR count). The number of rotatable bonds is 3. The third kappa shape index (κ3) is 3.79. The van der Waals surface area contributed by atoms with E-state index in [4.69, 9.17) is 0 Å². The highest BCUT2D eigenvalue weighted by atomic mass is 19.4. The summed E-state index contributed by atoms with van der Waals surface area (Å²) in [5, 5.41) is 5.24. The predicted octanol–water partition coefficient (Wildman–Crippen LogP) is 2.89. The van der Waals surface area contributed by atoms with Gasteiger partial charge in [-0.3, -0.25) is 9.59 Å². The van der Waals surface area contributed by atoms with Crippen LogP contribution in [0, 0.1) is 0 Å². The van der Waals surface area contributed by atoms with E-state index in [9.17, 15) is 22.8 Å². The molecule has 1 saturated heterocycles. The molecule has 1 fully saturated rings. The number of carbonyl (C=O) groups is 2. The molecule has 2 amide bonds. The van der Waals surface area contributed by atoms with E-state index in [0.717, 1.165) is 12.1 Å². The van der Waals surface area contributed by atoms with Crippen LogP contribution in [0.2, 0.25) is 0 Å². The summed E-state index contributed by atoms with van der Waals surface area (Å²) in [5.41, 5.74) is -0.511. The van der Waals surface area contributed by atoms with Gasteiger partial charge in [0.05, 0.1) is 29.0 Å². The van der Waals surface area contributed by atoms with E-state index in [1.165, 1.54) is 12.1 Å². The zero-order chi connectivity index (χ0) is 18.7. The van der Waals surface area contributed by atoms with Crippen molar-refractivity contribution in [2.24, 2.45) is 0 Å². The summed E-state index contributed by atoms with van der Waals surface area (Å²) in [6, 6.07) is 11.3. The topological polar surface area (TPSA) is 61.4 Å². The summed E-state index contributed by atoms with van der Waals surface area (Å²) in [4.78, 5) is 25.8. The van der Waals surface area contributed by atoms with Gasteiger partial charge in [-0.2, -0.15) is 13.2 Å². The number of halogens is 3. The average molecular weight is 363 g/mol. The number of nitrogens with zero attached hydrogens (tertiary/aromatic N) is 1. The quantitative estimate of drug-likeness (QED) is 0.882. The summed E-state index contributed by atoms with van der Waals surface area (Å²) in [6.07, 6.45) is -4.63. The Morgan fingerprint density at radius 2 is 1.77 bits per heavy atom. The number of benzene rings is 2. The van der Waals surface area contributed by atoms with Crippen molar-refractivity contribution in [3.8, 4) is 0 Å². The van der Waals surface area contributed by atoms with E-state index < -0.39 is 23.2 Å². The summed E-state index contributed by atoms with van der Waals surface area (Å²) in [5.74, 6) is -1.01. The molecule has 5 nitrogen and oxygen atoms in total. The maximum Gasteiger partial charge on any atom is 0.417 e. The average Bonchev–Trinajstić information content (AvgIpc) is 2.61. The van der Waals surface area contributed by atoms with Gasteiger partial charge in [0.15, 0.2) is 0 Å². The first-order valence-corrected chi connectivity index (χ1v) is 7.94. The summed E-state index contributed by atoms with van der Waals surface area (Å²) < 4.78 is 39.4. The van der Waals surface area contributed by atoms with Gasteiger partial charge in [0.1, 0.15) is 0 Å². The van der Waals surface area contributed by atoms with Gasteiger partial charge in [-0.05, 0) is 24.3 Å². The maximum absolute atomic E-state index is 13.1. The van der Waals surface area contributed by atoms with Crippen molar-refractivity contribution in [2.45, 2.75) is 6.18 Å². The minimum Gasteiger partial charge on any atom is -0.359 e. The minimum atomic E-state index is -4.63. The number of para-hydroxylation sites is 2. The van der Waals surface area contributed by atoms with Gasteiger partial charge < -0.3 is 15.5 Å². The smallest absolute Gasteiger partial charge is 0.359 e. The van der Waals surface area contributed by atoms with Crippen LogP contribution < -0.4 is 15.5 Å². The van der Waals surface area contributed by atoms with Crippen molar-refractivity contribution in [3.63, 3.8) is 0 Å². The second-order valence-electron chi connectivity index (χ2n) is 5.79. The van der Waals surface area contributed by atoms with Crippen LogP contribution in [-0.4, -0.2) is 31.4 Å². The summed E-state index contributed by atoms with van der Waals surface area (Å²) in [6.45, 7) is 1.11. The third-order valence-corrected chi connectivity index (χ3v) is 4.01. The van der Waals surface area contributed by atoms with E-state index in [-0.39, 0.29) is 12.5 Å². The molecule has 136 valence electrons. The van der Waals surface area contributed by atoms with Crippen LogP contribution in [-0.2, 0) is 11.0 Å². The molecule has 8 heteroatoms. The fraction of sp³-hybridized carbons (Fsp3) is 0.222. The second kappa shape index (κ2) is 7.07. The van der Waals surface area contributed by atoms with E-state index in [1.807, 2.05) is 0 Å². The van der Waals surface area contributed by atoms with Gasteiger partial charge in [0.25, 0.3) is 5.91 Å². The molecule has 26 heavy (non-hydrogen) atoms. The molecule has 1 aliphatic heterocycles. The van der Waals surface area contributed by atoms with Crippen LogP contribution in [0.25, 0.3) is 0 Å². The minimum absolute atomic E-state index is 0.117. The molecule has 0 unspecified atom stereocenters. The van der Waals surface area contributed by atoms with Crippen LogP contribution in [0.4, 0.5) is 24.5 Å². The summed E-state index contributed by atoms with van der Waals surface area (Å²) >= 11 is 0. The lowest BCUT2D eigenvalue weighted by atomic mass is 10.1. The molecule has 0 radical (unpaired) electrons. The number of piperazine rings is 1. The standard InChI is InChI=1S/C18H16F3N3O2/c19-18(20,21)13-6-2-1-5-12(13)17(26)23-14-7-3-4-8-15(14)24-10-9-22-16(25)11-24/h1-8H,9-11H2,(H,22,25)(H,23,26). The second-order valence-corrected chi connectivity index (χ2v) is 5.79. The Labute approximate surface area is 147 Å². The number of hydrogen-bond acceptors (Lipinski definition) is 3. The van der Waals surface area contributed by atoms with Crippen molar-refractivity contribution in [1.82, 2.24) is 5.32 Å². The van der Waals surface area contributed by atoms with Crippen LogP contribution >= 0.6 is 0 Å². The zero-order valence-electron chi connectivity index (χ0n) is 13.6. The summed E-state index contributed by atoms with van der Waals surface area (Å²) in [7, 11) is 0. The normalized spacial score (nSPS) is 14.7. The number of hydrogen-bond donors (Lipinski definition) is 2. The largest absolute Gasteiger partial charge is 0.417 e. The van der Waals surface area contributed by atoms with Gasteiger partial charge in [-0.1, -0.05) is 24.3 Å². The number of alkyl halides is 3. The molecule has 1 heterocycles. The van der Waals surface area contributed by atoms with Crippen molar-refractivity contribution < 1.29 is 22.8 Å². The Bertz CT molecular complexity index is 836. The molecule has 0 aliphatic carbocycles. The van der Waals surface area contributed by atoms with Crippen LogP contribution in [0.3, 0.4) is 0 Å². The van der Waals surface area contributed by atoms with E-state index >= 15 is 0 Å². The van der Waals surface area contributed by atoms with Gasteiger partial charge in [0, 0.05) is 13.1 Å². The Balaban J connectivity index is 1.89. The predicted molar refractivity (Wildman–Crippen MR) is 91.1 cm³/mol. The number of amides is 2. The molecule has 2 aromatic carbocycles. The Morgan fingerprint density at radius 3 is 2.50 bits per heavy atom. The number of carbonyl (C=O) groups excluding carboxylic acids is 2. The van der Waals surface area contributed by atoms with E-state index in [1.54, 1.807) is 29.2 Å². The van der Waals surface area contributed by atoms with Crippen molar-refractivity contribution in [3.05, 3.63) is 59.7 Å². The van der Waals surface area contributed by atoms with Crippen LogP contribution in [0.5, 0.6) is 0 Å². The molecule has 0 bridgehead atoms. The maximum atomic E-state index is 13.1. The van der Waals surface area contributed by atoms with Crippen LogP contribution in [0.1, 0.15) is 15.9 Å². The zero-order valence-corrected chi connectivity index (χ0v) is 13.6. The van der Waals surface area contributed by atoms with E-state index in [0.29, 0.717) is 24.5 Å². The Hall–Kier alpha value is -3.03. The molecule has 0 aromatic heterocycles. The molecular weight excluding hydrogens is 347 g/mol. The molecule has 0 saturated carbocycles. The third-order valence-electron chi connectivity index (χ3n) is 4.01. The monoisotopic (exact) mass is 363 g/mol. The Morgan fingerprint density at radius 1 is 1.08 bits per heavy atom. The molecule has 0 atom stereocenters. The number of anilines is 2. The highest BCUT2D eigenvalue weighted by Crippen LogP contribution is 2.33. The SMILES string of the molecule is O=C1CN(c2ccccc2NC(=O)c2ccccc2C(F)(F)F)CCN1. The highest BCUT2D eigenvalue weighted by molar-refractivity contribution is 6.07. The van der Waals surface area contributed by atoms with E-state index in [2.05, 4.69) is 10.6 Å². The molecule has 2 N–H and O–H groups in total. The molecule has 0 spiro atoms. The van der Waals surface area contributed by atoms with Gasteiger partial charge in [0.2, 0.25) is 5.91 Å². The van der Waals surface area contributed by atoms with Gasteiger partial charge in [-0.25, -0.2) is 0 Å². The van der Waals surface area contributed by atoms with Crippen molar-refractivity contribution >= 4 is 23.2 Å². The Kier molecular flexibility index (Phi) is 4.83. The van der Waals surface area contributed by atoms with Crippen LogP contribution in [0.15, 0.2) is 48.5 Å². The fourth-order valence-corrected chi connectivity index (χ4v) is 2.82. The molecular formula is C18H16F3N3O2. The first-order chi connectivity index (χ1) is 12.4. The lowest BCUT2D eigenvalue weighted by Crippen LogP contribution is -2.47. The van der Waals surface area contributed by atoms with Crippen molar-refractivity contribution in [2.75, 3.05) is 29.9 Å². The first-order valence-electron chi connectivity index (χ1n) is 7.94. The lowest BCUT2D eigenvalue weighted by molar-refractivity contribution is -0.137. The highest BCUT2D eigenvalue weighted by Gasteiger charge is 2.35. The lowest BCUT2D eigenvalue weighted by Gasteiger charge is -2.30. The van der Waals surface area contributed by atoms with Gasteiger partial charge >= 0.3 is 6.18 Å². The number of nitrogens with one attached hydrogen (secondary N) is 2.